The summed E-state index contributed by atoms with van der Waals surface area (Å²) in [5, 5.41) is 7.08. The van der Waals surface area contributed by atoms with Crippen LogP contribution < -0.4 is 15.5 Å². The number of guanidine groups is 1. The van der Waals surface area contributed by atoms with E-state index in [0.29, 0.717) is 6.04 Å². The highest BCUT2D eigenvalue weighted by molar-refractivity contribution is 14.0. The summed E-state index contributed by atoms with van der Waals surface area (Å²) in [6, 6.07) is 9.96. The van der Waals surface area contributed by atoms with Gasteiger partial charge < -0.3 is 15.5 Å². The summed E-state index contributed by atoms with van der Waals surface area (Å²) in [5.74, 6) is 0.911. The van der Waals surface area contributed by atoms with E-state index >= 15 is 0 Å². The number of halogens is 1. The van der Waals surface area contributed by atoms with Crippen LogP contribution in [0.1, 0.15) is 37.7 Å². The van der Waals surface area contributed by atoms with Crippen LogP contribution in [0, 0.1) is 0 Å². The number of rotatable bonds is 5. The van der Waals surface area contributed by atoms with E-state index in [2.05, 4.69) is 63.8 Å². The van der Waals surface area contributed by atoms with Gasteiger partial charge in [-0.15, -0.1) is 24.0 Å². The summed E-state index contributed by atoms with van der Waals surface area (Å²) in [6.45, 7) is 3.17. The van der Waals surface area contributed by atoms with E-state index in [1.807, 2.05) is 7.05 Å². The minimum absolute atomic E-state index is 0. The highest BCUT2D eigenvalue weighted by Crippen LogP contribution is 2.26. The number of nitrogens with zero attached hydrogens (tertiary/aromatic N) is 3. The van der Waals surface area contributed by atoms with Crippen molar-refractivity contribution in [1.29, 1.82) is 0 Å². The van der Waals surface area contributed by atoms with Gasteiger partial charge >= 0.3 is 0 Å². The number of aliphatic imine (C=N–C) groups is 1. The van der Waals surface area contributed by atoms with Crippen LogP contribution in [0.3, 0.4) is 0 Å². The maximum absolute atomic E-state index is 4.41. The molecule has 1 aliphatic heterocycles. The number of hydrogen-bond acceptors (Lipinski definition) is 3. The molecule has 1 aromatic rings. The van der Waals surface area contributed by atoms with Crippen molar-refractivity contribution in [2.24, 2.45) is 4.99 Å². The maximum Gasteiger partial charge on any atom is 0.191 e. The number of nitrogens with one attached hydrogen (secondary N) is 2. The molecule has 1 heterocycles. The minimum Gasteiger partial charge on any atom is -0.378 e. The molecule has 2 aliphatic rings. The first-order valence-electron chi connectivity index (χ1n) is 9.63. The van der Waals surface area contributed by atoms with Crippen LogP contribution in [0.15, 0.2) is 29.3 Å². The molecule has 0 aromatic heterocycles. The van der Waals surface area contributed by atoms with Gasteiger partial charge in [0.25, 0.3) is 0 Å². The number of anilines is 1. The second-order valence-electron chi connectivity index (χ2n) is 7.55. The number of benzene rings is 1. The summed E-state index contributed by atoms with van der Waals surface area (Å²) in [5.41, 5.74) is 2.50. The molecule has 0 amide bonds. The average Bonchev–Trinajstić information content (AvgIpc) is 3.30. The Morgan fingerprint density at radius 1 is 1.23 bits per heavy atom. The molecule has 2 fully saturated rings. The van der Waals surface area contributed by atoms with Crippen LogP contribution in [0.25, 0.3) is 0 Å². The third-order valence-corrected chi connectivity index (χ3v) is 5.51. The van der Waals surface area contributed by atoms with Crippen molar-refractivity contribution < 1.29 is 0 Å². The van der Waals surface area contributed by atoms with Crippen molar-refractivity contribution in [3.63, 3.8) is 0 Å². The predicted octanol–water partition coefficient (Wildman–Crippen LogP) is 3.05. The molecule has 1 atom stereocenters. The quantitative estimate of drug-likeness (QED) is 0.394. The van der Waals surface area contributed by atoms with Gasteiger partial charge in [-0.1, -0.05) is 25.0 Å². The molecule has 1 aliphatic carbocycles. The van der Waals surface area contributed by atoms with Crippen molar-refractivity contribution in [3.8, 4) is 0 Å². The van der Waals surface area contributed by atoms with Crippen molar-refractivity contribution in [3.05, 3.63) is 29.8 Å². The molecule has 0 spiro atoms. The SMILES string of the molecule is CN=C(NCc1cccc(N(C)C)c1)NC1CCN(C2CCCC2)C1.I. The first-order chi connectivity index (χ1) is 12.2. The van der Waals surface area contributed by atoms with E-state index in [0.717, 1.165) is 25.1 Å². The van der Waals surface area contributed by atoms with Gasteiger partial charge in [-0.3, -0.25) is 9.89 Å². The van der Waals surface area contributed by atoms with E-state index in [-0.39, 0.29) is 24.0 Å². The van der Waals surface area contributed by atoms with Gasteiger partial charge in [0.2, 0.25) is 0 Å². The van der Waals surface area contributed by atoms with Gasteiger partial charge in [0.05, 0.1) is 0 Å². The maximum atomic E-state index is 4.41. The van der Waals surface area contributed by atoms with Crippen LogP contribution >= 0.6 is 24.0 Å². The molecule has 1 aromatic carbocycles. The normalized spacial score (nSPS) is 21.5. The molecule has 5 nitrogen and oxygen atoms in total. The average molecular weight is 471 g/mol. The molecule has 2 N–H and O–H groups in total. The lowest BCUT2D eigenvalue weighted by atomic mass is 10.2. The third-order valence-electron chi connectivity index (χ3n) is 5.51. The highest BCUT2D eigenvalue weighted by Gasteiger charge is 2.30. The first kappa shape index (κ1) is 21.3. The van der Waals surface area contributed by atoms with Crippen LogP contribution in [-0.2, 0) is 6.54 Å². The van der Waals surface area contributed by atoms with Gasteiger partial charge in [-0.2, -0.15) is 0 Å². The Morgan fingerprint density at radius 2 is 2.00 bits per heavy atom. The monoisotopic (exact) mass is 471 g/mol. The zero-order chi connectivity index (χ0) is 17.6. The van der Waals surface area contributed by atoms with E-state index in [4.69, 9.17) is 0 Å². The van der Waals surface area contributed by atoms with Gasteiger partial charge in [0.15, 0.2) is 5.96 Å². The smallest absolute Gasteiger partial charge is 0.191 e. The molecule has 3 rings (SSSR count). The second-order valence-corrected chi connectivity index (χ2v) is 7.55. The topological polar surface area (TPSA) is 42.9 Å². The van der Waals surface area contributed by atoms with Crippen LogP contribution in [0.5, 0.6) is 0 Å². The molecule has 1 unspecified atom stereocenters. The summed E-state index contributed by atoms with van der Waals surface area (Å²) in [6.07, 6.45) is 6.82. The Hall–Kier alpha value is -1.02. The molecule has 6 heteroatoms. The van der Waals surface area contributed by atoms with Crippen molar-refractivity contribution >= 4 is 35.6 Å². The predicted molar refractivity (Wildman–Crippen MR) is 122 cm³/mol. The Kier molecular flexibility index (Phi) is 8.47. The van der Waals surface area contributed by atoms with Gasteiger partial charge in [-0.25, -0.2) is 0 Å². The molecule has 1 saturated carbocycles. The van der Waals surface area contributed by atoms with Crippen molar-refractivity contribution in [2.75, 3.05) is 39.1 Å². The zero-order valence-electron chi connectivity index (χ0n) is 16.4. The lowest BCUT2D eigenvalue weighted by molar-refractivity contribution is 0.242. The fourth-order valence-corrected chi connectivity index (χ4v) is 4.02. The van der Waals surface area contributed by atoms with Crippen LogP contribution in [0.4, 0.5) is 5.69 Å². The Morgan fingerprint density at radius 3 is 2.69 bits per heavy atom. The van der Waals surface area contributed by atoms with E-state index in [9.17, 15) is 0 Å². The zero-order valence-corrected chi connectivity index (χ0v) is 18.7. The summed E-state index contributed by atoms with van der Waals surface area (Å²) >= 11 is 0. The molecule has 0 radical (unpaired) electrons. The van der Waals surface area contributed by atoms with Gasteiger partial charge in [0.1, 0.15) is 0 Å². The molecule has 0 bridgehead atoms. The fourth-order valence-electron chi connectivity index (χ4n) is 4.02. The summed E-state index contributed by atoms with van der Waals surface area (Å²) in [7, 11) is 6.00. The van der Waals surface area contributed by atoms with E-state index < -0.39 is 0 Å². The largest absolute Gasteiger partial charge is 0.378 e. The lowest BCUT2D eigenvalue weighted by Crippen LogP contribution is -2.45. The van der Waals surface area contributed by atoms with Gasteiger partial charge in [0, 0.05) is 58.5 Å². The van der Waals surface area contributed by atoms with Crippen molar-refractivity contribution in [1.82, 2.24) is 15.5 Å². The fraction of sp³-hybridized carbons (Fsp3) is 0.650. The Bertz CT molecular complexity index is 583. The molecular formula is C20H34IN5. The minimum atomic E-state index is 0. The molecule has 26 heavy (non-hydrogen) atoms. The lowest BCUT2D eigenvalue weighted by Gasteiger charge is -2.24. The second kappa shape index (κ2) is 10.3. The molecule has 1 saturated heterocycles. The number of likely N-dealkylation sites (tertiary alicyclic amines) is 1. The number of hydrogen-bond donors (Lipinski definition) is 2. The third kappa shape index (κ3) is 5.74. The standard InChI is InChI=1S/C20H33N5.HI/c1-21-20(22-14-16-7-6-10-19(13-16)24(2)3)23-17-11-12-25(15-17)18-8-4-5-9-18;/h6-7,10,13,17-18H,4-5,8-9,11-12,14-15H2,1-3H3,(H2,21,22,23);1H. The Labute approximate surface area is 175 Å². The van der Waals surface area contributed by atoms with Crippen molar-refractivity contribution in [2.45, 2.75) is 50.7 Å². The van der Waals surface area contributed by atoms with E-state index in [1.54, 1.807) is 0 Å². The first-order valence-corrected chi connectivity index (χ1v) is 9.63. The summed E-state index contributed by atoms with van der Waals surface area (Å²) in [4.78, 5) is 9.22. The van der Waals surface area contributed by atoms with E-state index in [1.165, 1.54) is 49.9 Å². The summed E-state index contributed by atoms with van der Waals surface area (Å²) < 4.78 is 0. The van der Waals surface area contributed by atoms with Gasteiger partial charge in [-0.05, 0) is 37.0 Å². The molecular weight excluding hydrogens is 437 g/mol. The molecule has 146 valence electrons. The van der Waals surface area contributed by atoms with Crippen LogP contribution in [-0.4, -0.2) is 57.2 Å². The Balaban J connectivity index is 0.00000243. The van der Waals surface area contributed by atoms with Crippen LogP contribution in [0.2, 0.25) is 0 Å². The highest BCUT2D eigenvalue weighted by atomic mass is 127.